The van der Waals surface area contributed by atoms with E-state index < -0.39 is 5.97 Å². The van der Waals surface area contributed by atoms with Crippen LogP contribution in [0.4, 0.5) is 5.69 Å². The van der Waals surface area contributed by atoms with Crippen LogP contribution in [0.25, 0.3) is 10.9 Å². The van der Waals surface area contributed by atoms with Crippen LogP contribution in [0.3, 0.4) is 0 Å². The van der Waals surface area contributed by atoms with E-state index in [0.717, 1.165) is 0 Å². The van der Waals surface area contributed by atoms with Gasteiger partial charge < -0.3 is 15.9 Å². The smallest absolute Gasteiger partial charge is 0.339 e. The van der Waals surface area contributed by atoms with Crippen LogP contribution in [-0.2, 0) is 0 Å². The zero-order valence-electron chi connectivity index (χ0n) is 8.56. The number of hydrogen-bond acceptors (Lipinski definition) is 4. The van der Waals surface area contributed by atoms with Gasteiger partial charge in [0.15, 0.2) is 0 Å². The van der Waals surface area contributed by atoms with Gasteiger partial charge in [-0.3, -0.25) is 4.98 Å². The Morgan fingerprint density at radius 1 is 1.44 bits per heavy atom. The summed E-state index contributed by atoms with van der Waals surface area (Å²) in [7, 11) is 0. The van der Waals surface area contributed by atoms with Gasteiger partial charge in [0, 0.05) is 5.39 Å². The fourth-order valence-corrected chi connectivity index (χ4v) is 1.67. The van der Waals surface area contributed by atoms with E-state index in [1.165, 1.54) is 12.1 Å². The minimum absolute atomic E-state index is 0.0156. The number of phenolic OH excluding ortho intramolecular Hbond substituents is 1. The van der Waals surface area contributed by atoms with Gasteiger partial charge in [-0.1, -0.05) is 0 Å². The Bertz CT molecular complexity index is 593. The van der Waals surface area contributed by atoms with Crippen molar-refractivity contribution in [2.45, 2.75) is 6.92 Å². The highest BCUT2D eigenvalue weighted by molar-refractivity contribution is 6.04. The third-order valence-electron chi connectivity index (χ3n) is 2.40. The molecule has 0 spiro atoms. The van der Waals surface area contributed by atoms with Gasteiger partial charge in [-0.2, -0.15) is 0 Å². The number of carbonyl (C=O) groups is 1. The van der Waals surface area contributed by atoms with Crippen molar-refractivity contribution in [2.24, 2.45) is 0 Å². The van der Waals surface area contributed by atoms with Crippen molar-refractivity contribution < 1.29 is 15.0 Å². The van der Waals surface area contributed by atoms with Gasteiger partial charge in [-0.25, -0.2) is 4.79 Å². The third kappa shape index (κ3) is 1.42. The van der Waals surface area contributed by atoms with Gasteiger partial charge in [-0.05, 0) is 25.1 Å². The number of aromatic carboxylic acids is 1. The van der Waals surface area contributed by atoms with Gasteiger partial charge in [-0.15, -0.1) is 0 Å². The highest BCUT2D eigenvalue weighted by Crippen LogP contribution is 2.28. The SMILES string of the molecule is Cc1nc2ccc(O)cc2c(N)c1C(=O)O. The molecular formula is C11H10N2O3. The first kappa shape index (κ1) is 10.2. The molecule has 0 radical (unpaired) electrons. The summed E-state index contributed by atoms with van der Waals surface area (Å²) in [4.78, 5) is 15.1. The lowest BCUT2D eigenvalue weighted by Gasteiger charge is -2.08. The summed E-state index contributed by atoms with van der Waals surface area (Å²) in [6, 6.07) is 4.48. The number of hydrogen-bond donors (Lipinski definition) is 3. The van der Waals surface area contributed by atoms with Crippen LogP contribution in [0.15, 0.2) is 18.2 Å². The lowest BCUT2D eigenvalue weighted by molar-refractivity contribution is 0.0697. The van der Waals surface area contributed by atoms with Crippen molar-refractivity contribution in [3.63, 3.8) is 0 Å². The number of pyridine rings is 1. The number of anilines is 1. The molecule has 0 aliphatic heterocycles. The summed E-state index contributed by atoms with van der Waals surface area (Å²) in [6.07, 6.45) is 0. The molecule has 16 heavy (non-hydrogen) atoms. The molecule has 0 unspecified atom stereocenters. The number of fused-ring (bicyclic) bond motifs is 1. The zero-order chi connectivity index (χ0) is 11.9. The predicted octanol–water partition coefficient (Wildman–Crippen LogP) is 1.53. The Balaban J connectivity index is 2.90. The summed E-state index contributed by atoms with van der Waals surface area (Å²) in [6.45, 7) is 1.59. The van der Waals surface area contributed by atoms with Gasteiger partial charge in [0.1, 0.15) is 11.3 Å². The second kappa shape index (κ2) is 3.37. The predicted molar refractivity (Wildman–Crippen MR) is 59.5 cm³/mol. The molecule has 0 saturated carbocycles. The van der Waals surface area contributed by atoms with Gasteiger partial charge in [0.05, 0.1) is 16.9 Å². The molecule has 1 aromatic heterocycles. The van der Waals surface area contributed by atoms with E-state index in [9.17, 15) is 9.90 Å². The molecule has 82 valence electrons. The lowest BCUT2D eigenvalue weighted by atomic mass is 10.1. The fourth-order valence-electron chi connectivity index (χ4n) is 1.67. The maximum atomic E-state index is 11.0. The molecule has 0 saturated heterocycles. The maximum Gasteiger partial charge on any atom is 0.339 e. The number of aromatic hydroxyl groups is 1. The Labute approximate surface area is 91.2 Å². The van der Waals surface area contributed by atoms with Crippen LogP contribution in [0.1, 0.15) is 16.1 Å². The van der Waals surface area contributed by atoms with Gasteiger partial charge in [0.25, 0.3) is 0 Å². The number of carboxylic acid groups (broad SMARTS) is 1. The van der Waals surface area contributed by atoms with E-state index in [1.807, 2.05) is 0 Å². The molecular weight excluding hydrogens is 208 g/mol. The number of nitrogens with zero attached hydrogens (tertiary/aromatic N) is 1. The largest absolute Gasteiger partial charge is 0.508 e. The van der Waals surface area contributed by atoms with Crippen molar-refractivity contribution in [3.05, 3.63) is 29.5 Å². The highest BCUT2D eigenvalue weighted by atomic mass is 16.4. The second-order valence-electron chi connectivity index (χ2n) is 3.49. The van der Waals surface area contributed by atoms with Crippen molar-refractivity contribution in [1.82, 2.24) is 4.98 Å². The van der Waals surface area contributed by atoms with E-state index in [1.54, 1.807) is 13.0 Å². The van der Waals surface area contributed by atoms with E-state index in [2.05, 4.69) is 4.98 Å². The molecule has 1 heterocycles. The molecule has 0 fully saturated rings. The summed E-state index contributed by atoms with van der Waals surface area (Å²) in [5.41, 5.74) is 6.80. The van der Waals surface area contributed by atoms with E-state index in [0.29, 0.717) is 16.6 Å². The zero-order valence-corrected chi connectivity index (χ0v) is 8.56. The molecule has 5 heteroatoms. The first-order valence-electron chi connectivity index (χ1n) is 4.63. The maximum absolute atomic E-state index is 11.0. The minimum atomic E-state index is -1.12. The number of benzene rings is 1. The molecule has 0 aliphatic rings. The minimum Gasteiger partial charge on any atom is -0.508 e. The molecule has 2 aromatic rings. The number of nitrogen functional groups attached to an aromatic ring is 1. The molecule has 0 atom stereocenters. The molecule has 1 aromatic carbocycles. The molecule has 0 amide bonds. The molecule has 4 N–H and O–H groups in total. The molecule has 2 rings (SSSR count). The van der Waals surface area contributed by atoms with Crippen LogP contribution >= 0.6 is 0 Å². The Morgan fingerprint density at radius 2 is 2.12 bits per heavy atom. The van der Waals surface area contributed by atoms with Crippen LogP contribution in [0, 0.1) is 6.92 Å². The first-order chi connectivity index (χ1) is 7.50. The fraction of sp³-hybridized carbons (Fsp3) is 0.0909. The van der Waals surface area contributed by atoms with Crippen LogP contribution in [-0.4, -0.2) is 21.2 Å². The Morgan fingerprint density at radius 3 is 2.75 bits per heavy atom. The van der Waals surface area contributed by atoms with Crippen LogP contribution in [0.2, 0.25) is 0 Å². The quantitative estimate of drug-likeness (QED) is 0.674. The normalized spacial score (nSPS) is 10.6. The Kier molecular flexibility index (Phi) is 2.16. The molecule has 5 nitrogen and oxygen atoms in total. The van der Waals surface area contributed by atoms with Crippen molar-refractivity contribution in [3.8, 4) is 5.75 Å². The number of rotatable bonds is 1. The van der Waals surface area contributed by atoms with Crippen LogP contribution < -0.4 is 5.73 Å². The molecule has 0 aliphatic carbocycles. The summed E-state index contributed by atoms with van der Waals surface area (Å²) >= 11 is 0. The summed E-state index contributed by atoms with van der Waals surface area (Å²) in [5, 5.41) is 18.8. The summed E-state index contributed by atoms with van der Waals surface area (Å²) < 4.78 is 0. The van der Waals surface area contributed by atoms with E-state index in [-0.39, 0.29) is 17.0 Å². The standard InChI is InChI=1S/C11H10N2O3/c1-5-9(11(15)16)10(12)7-4-6(14)2-3-8(7)13-5/h2-4,14H,1H3,(H2,12,13)(H,15,16). The molecule has 0 bridgehead atoms. The number of nitrogens with two attached hydrogens (primary N) is 1. The number of phenols is 1. The average molecular weight is 218 g/mol. The topological polar surface area (TPSA) is 96.4 Å². The Hall–Kier alpha value is -2.30. The average Bonchev–Trinajstić information content (AvgIpc) is 2.19. The number of aryl methyl sites for hydroxylation is 1. The highest BCUT2D eigenvalue weighted by Gasteiger charge is 2.16. The van der Waals surface area contributed by atoms with Gasteiger partial charge >= 0.3 is 5.97 Å². The van der Waals surface area contributed by atoms with Crippen molar-refractivity contribution >= 4 is 22.6 Å². The monoisotopic (exact) mass is 218 g/mol. The van der Waals surface area contributed by atoms with Crippen molar-refractivity contribution in [1.29, 1.82) is 0 Å². The second-order valence-corrected chi connectivity index (χ2v) is 3.49. The van der Waals surface area contributed by atoms with Crippen molar-refractivity contribution in [2.75, 3.05) is 5.73 Å². The number of aromatic nitrogens is 1. The van der Waals surface area contributed by atoms with E-state index >= 15 is 0 Å². The van der Waals surface area contributed by atoms with Crippen LogP contribution in [0.5, 0.6) is 5.75 Å². The van der Waals surface area contributed by atoms with E-state index in [4.69, 9.17) is 10.8 Å². The van der Waals surface area contributed by atoms with Gasteiger partial charge in [0.2, 0.25) is 0 Å². The third-order valence-corrected chi connectivity index (χ3v) is 2.40. The lowest BCUT2D eigenvalue weighted by Crippen LogP contribution is -2.07. The summed E-state index contributed by atoms with van der Waals surface area (Å²) in [5.74, 6) is -1.09. The first-order valence-corrected chi connectivity index (χ1v) is 4.63. The number of carboxylic acids is 1.